The summed E-state index contributed by atoms with van der Waals surface area (Å²) < 4.78 is 5.35. The van der Waals surface area contributed by atoms with Gasteiger partial charge in [0.1, 0.15) is 0 Å². The fraction of sp³-hybridized carbons (Fsp3) is 0.500. The van der Waals surface area contributed by atoms with Gasteiger partial charge in [-0.2, -0.15) is 0 Å². The summed E-state index contributed by atoms with van der Waals surface area (Å²) in [6, 6.07) is 1.58. The van der Waals surface area contributed by atoms with Crippen LogP contribution in [0.2, 0.25) is 0 Å². The first kappa shape index (κ1) is 14.2. The lowest BCUT2D eigenvalue weighted by Gasteiger charge is -2.32. The van der Waals surface area contributed by atoms with Crippen LogP contribution in [0.1, 0.15) is 12.0 Å². The molecule has 1 aliphatic heterocycles. The van der Waals surface area contributed by atoms with Crippen LogP contribution >= 0.6 is 0 Å². The number of carboxylic acids is 1. The Kier molecular flexibility index (Phi) is 4.14. The summed E-state index contributed by atoms with van der Waals surface area (Å²) >= 11 is 0. The van der Waals surface area contributed by atoms with Crippen molar-refractivity contribution in [3.8, 4) is 0 Å². The molecule has 0 amide bonds. The molecule has 2 heterocycles. The second-order valence-corrected chi connectivity index (χ2v) is 4.59. The minimum absolute atomic E-state index is 0.0384. The smallest absolute Gasteiger partial charge is 0.314 e. The van der Waals surface area contributed by atoms with Crippen LogP contribution in [0, 0.1) is 17.0 Å². The van der Waals surface area contributed by atoms with Crippen molar-refractivity contribution >= 4 is 17.5 Å². The van der Waals surface area contributed by atoms with Crippen LogP contribution in [0.4, 0.5) is 11.5 Å². The van der Waals surface area contributed by atoms with Gasteiger partial charge in [-0.15, -0.1) is 0 Å². The number of anilines is 1. The van der Waals surface area contributed by atoms with Gasteiger partial charge in [-0.3, -0.25) is 14.9 Å². The van der Waals surface area contributed by atoms with Crippen molar-refractivity contribution in [2.75, 3.05) is 24.6 Å². The summed E-state index contributed by atoms with van der Waals surface area (Å²) in [6.45, 7) is 2.71. The van der Waals surface area contributed by atoms with Gasteiger partial charge in [0.05, 0.1) is 24.1 Å². The van der Waals surface area contributed by atoms with Crippen molar-refractivity contribution in [1.29, 1.82) is 0 Å². The molecule has 1 saturated heterocycles. The molecule has 0 aromatic carbocycles. The Hall–Kier alpha value is -2.22. The molecule has 0 spiro atoms. The Morgan fingerprint density at radius 1 is 1.70 bits per heavy atom. The first-order valence-electron chi connectivity index (χ1n) is 6.17. The van der Waals surface area contributed by atoms with Gasteiger partial charge in [0, 0.05) is 24.8 Å². The predicted molar refractivity (Wildman–Crippen MR) is 69.8 cm³/mol. The predicted octanol–water partition coefficient (Wildman–Crippen LogP) is 0.978. The first-order chi connectivity index (χ1) is 9.49. The standard InChI is InChI=1S/C12H15N3O5/c1-8-2-3-13-12(11(8)15(18)19)14-4-5-20-9(7-14)6-10(16)17/h2-3,9H,4-7H2,1H3,(H,16,17). The summed E-state index contributed by atoms with van der Waals surface area (Å²) in [5.74, 6) is -0.683. The van der Waals surface area contributed by atoms with Crippen molar-refractivity contribution in [3.05, 3.63) is 27.9 Å². The van der Waals surface area contributed by atoms with Gasteiger partial charge in [-0.1, -0.05) is 0 Å². The van der Waals surface area contributed by atoms with E-state index in [1.165, 1.54) is 6.20 Å². The van der Waals surface area contributed by atoms with Gasteiger partial charge in [-0.05, 0) is 13.0 Å². The molecule has 1 aliphatic rings. The largest absolute Gasteiger partial charge is 0.481 e. The third-order valence-corrected chi connectivity index (χ3v) is 3.13. The number of nitro groups is 1. The Labute approximate surface area is 115 Å². The number of hydrogen-bond acceptors (Lipinski definition) is 6. The zero-order valence-electron chi connectivity index (χ0n) is 11.0. The summed E-state index contributed by atoms with van der Waals surface area (Å²) in [5.41, 5.74) is 0.491. The number of aromatic nitrogens is 1. The van der Waals surface area contributed by atoms with Crippen molar-refractivity contribution in [2.24, 2.45) is 0 Å². The van der Waals surface area contributed by atoms with E-state index in [1.54, 1.807) is 17.9 Å². The second-order valence-electron chi connectivity index (χ2n) is 4.59. The summed E-state index contributed by atoms with van der Waals surface area (Å²) in [7, 11) is 0. The molecule has 1 atom stereocenters. The maximum Gasteiger partial charge on any atom is 0.314 e. The number of rotatable bonds is 4. The van der Waals surface area contributed by atoms with Gasteiger partial charge in [0.25, 0.3) is 0 Å². The molecule has 20 heavy (non-hydrogen) atoms. The molecule has 8 heteroatoms. The summed E-state index contributed by atoms with van der Waals surface area (Å²) in [6.07, 6.45) is 0.901. The zero-order chi connectivity index (χ0) is 14.7. The van der Waals surface area contributed by atoms with Crippen LogP contribution in [0.3, 0.4) is 0 Å². The zero-order valence-corrected chi connectivity index (χ0v) is 11.0. The SMILES string of the molecule is Cc1ccnc(N2CCOC(CC(=O)O)C2)c1[N+](=O)[O-]. The molecule has 0 saturated carbocycles. The van der Waals surface area contributed by atoms with Crippen LogP contribution < -0.4 is 4.90 Å². The van der Waals surface area contributed by atoms with Gasteiger partial charge >= 0.3 is 11.7 Å². The molecule has 1 N–H and O–H groups in total. The fourth-order valence-electron chi connectivity index (χ4n) is 2.22. The van der Waals surface area contributed by atoms with E-state index < -0.39 is 17.0 Å². The Morgan fingerprint density at radius 2 is 2.45 bits per heavy atom. The topological polar surface area (TPSA) is 106 Å². The monoisotopic (exact) mass is 281 g/mol. The number of carbonyl (C=O) groups is 1. The van der Waals surface area contributed by atoms with Crippen molar-refractivity contribution in [1.82, 2.24) is 4.98 Å². The molecule has 108 valence electrons. The molecule has 8 nitrogen and oxygen atoms in total. The van der Waals surface area contributed by atoms with Crippen LogP contribution in [0.25, 0.3) is 0 Å². The number of aliphatic carboxylic acids is 1. The number of aryl methyl sites for hydroxylation is 1. The third kappa shape index (κ3) is 3.02. The molecule has 0 bridgehead atoms. The molecular weight excluding hydrogens is 266 g/mol. The van der Waals surface area contributed by atoms with Crippen molar-refractivity contribution in [3.63, 3.8) is 0 Å². The average Bonchev–Trinajstić information content (AvgIpc) is 2.37. The van der Waals surface area contributed by atoms with E-state index in [9.17, 15) is 14.9 Å². The number of nitrogens with zero attached hydrogens (tertiary/aromatic N) is 3. The lowest BCUT2D eigenvalue weighted by Crippen LogP contribution is -2.44. The number of carboxylic acid groups (broad SMARTS) is 1. The van der Waals surface area contributed by atoms with E-state index in [1.807, 2.05) is 0 Å². The second kappa shape index (κ2) is 5.83. The molecule has 1 aromatic heterocycles. The van der Waals surface area contributed by atoms with Crippen LogP contribution in [0.15, 0.2) is 12.3 Å². The van der Waals surface area contributed by atoms with E-state index in [4.69, 9.17) is 9.84 Å². The molecule has 0 radical (unpaired) electrons. The van der Waals surface area contributed by atoms with E-state index in [0.29, 0.717) is 18.7 Å². The van der Waals surface area contributed by atoms with Gasteiger partial charge in [0.15, 0.2) is 0 Å². The summed E-state index contributed by atoms with van der Waals surface area (Å²) in [4.78, 5) is 27.2. The van der Waals surface area contributed by atoms with Gasteiger partial charge in [0.2, 0.25) is 5.82 Å². The number of morpholine rings is 1. The van der Waals surface area contributed by atoms with Crippen molar-refractivity contribution < 1.29 is 19.6 Å². The molecule has 1 unspecified atom stereocenters. The number of hydrogen-bond donors (Lipinski definition) is 1. The summed E-state index contributed by atoms with van der Waals surface area (Å²) in [5, 5.41) is 19.9. The van der Waals surface area contributed by atoms with E-state index >= 15 is 0 Å². The normalized spacial score (nSPS) is 18.9. The number of ether oxygens (including phenoxy) is 1. The Balaban J connectivity index is 2.25. The Morgan fingerprint density at radius 3 is 3.10 bits per heavy atom. The van der Waals surface area contributed by atoms with E-state index in [2.05, 4.69) is 4.98 Å². The van der Waals surface area contributed by atoms with E-state index in [0.717, 1.165) is 0 Å². The molecule has 0 aliphatic carbocycles. The highest BCUT2D eigenvalue weighted by molar-refractivity contribution is 5.68. The molecule has 1 aromatic rings. The van der Waals surface area contributed by atoms with E-state index in [-0.39, 0.29) is 24.5 Å². The maximum atomic E-state index is 11.2. The minimum Gasteiger partial charge on any atom is -0.481 e. The minimum atomic E-state index is -0.955. The first-order valence-corrected chi connectivity index (χ1v) is 6.17. The average molecular weight is 281 g/mol. The molecule has 2 rings (SSSR count). The van der Waals surface area contributed by atoms with Crippen molar-refractivity contribution in [2.45, 2.75) is 19.4 Å². The lowest BCUT2D eigenvalue weighted by molar-refractivity contribution is -0.384. The highest BCUT2D eigenvalue weighted by Crippen LogP contribution is 2.30. The maximum absolute atomic E-state index is 11.2. The van der Waals surface area contributed by atoms with Crippen LogP contribution in [-0.2, 0) is 9.53 Å². The fourth-order valence-corrected chi connectivity index (χ4v) is 2.22. The lowest BCUT2D eigenvalue weighted by atomic mass is 10.2. The highest BCUT2D eigenvalue weighted by Gasteiger charge is 2.29. The van der Waals surface area contributed by atoms with Crippen LogP contribution in [-0.4, -0.2) is 46.8 Å². The highest BCUT2D eigenvalue weighted by atomic mass is 16.6. The number of pyridine rings is 1. The molecule has 1 fully saturated rings. The Bertz CT molecular complexity index is 534. The van der Waals surface area contributed by atoms with Gasteiger partial charge < -0.3 is 14.7 Å². The molecular formula is C12H15N3O5. The third-order valence-electron chi connectivity index (χ3n) is 3.13. The quantitative estimate of drug-likeness (QED) is 0.647. The van der Waals surface area contributed by atoms with Crippen LogP contribution in [0.5, 0.6) is 0 Å². The van der Waals surface area contributed by atoms with Gasteiger partial charge in [-0.25, -0.2) is 4.98 Å².